The summed E-state index contributed by atoms with van der Waals surface area (Å²) in [6, 6.07) is 13.1. The van der Waals surface area contributed by atoms with E-state index in [0.717, 1.165) is 22.3 Å². The van der Waals surface area contributed by atoms with Gasteiger partial charge in [-0.1, -0.05) is 84.0 Å². The average Bonchev–Trinajstić information content (AvgIpc) is 2.75. The fourth-order valence-corrected chi connectivity index (χ4v) is 3.75. The zero-order chi connectivity index (χ0) is 18.6. The van der Waals surface area contributed by atoms with Crippen LogP contribution < -0.4 is 0 Å². The van der Waals surface area contributed by atoms with Gasteiger partial charge in [-0.05, 0) is 44.2 Å². The van der Waals surface area contributed by atoms with E-state index in [1.807, 2.05) is 6.08 Å². The van der Waals surface area contributed by atoms with Crippen LogP contribution in [0.4, 0.5) is 0 Å². The van der Waals surface area contributed by atoms with Crippen molar-refractivity contribution in [3.63, 3.8) is 0 Å². The molecule has 1 N–H and O–H groups in total. The van der Waals surface area contributed by atoms with Crippen LogP contribution in [-0.2, 0) is 16.4 Å². The summed E-state index contributed by atoms with van der Waals surface area (Å²) >= 11 is 0. The van der Waals surface area contributed by atoms with Crippen LogP contribution in [0, 0.1) is 0 Å². The number of hydrogen-bond acceptors (Lipinski definition) is 1. The molecule has 0 atom stereocenters. The molecule has 2 aromatic carbocycles. The molecule has 0 aromatic heterocycles. The van der Waals surface area contributed by atoms with Crippen molar-refractivity contribution in [3.05, 3.63) is 71.3 Å². The van der Waals surface area contributed by atoms with Crippen molar-refractivity contribution in [3.8, 4) is 11.1 Å². The summed E-state index contributed by atoms with van der Waals surface area (Å²) < 4.78 is 0. The van der Waals surface area contributed by atoms with E-state index in [4.69, 9.17) is 0 Å². The molecule has 3 rings (SSSR count). The Kier molecular flexibility index (Phi) is 4.00. The van der Waals surface area contributed by atoms with Gasteiger partial charge in [0.1, 0.15) is 5.60 Å². The van der Waals surface area contributed by atoms with Gasteiger partial charge in [0.15, 0.2) is 0 Å². The minimum Gasteiger partial charge on any atom is -0.380 e. The minimum atomic E-state index is -0.991. The molecule has 0 fully saturated rings. The highest BCUT2D eigenvalue weighted by molar-refractivity contribution is 5.81. The van der Waals surface area contributed by atoms with Gasteiger partial charge in [0, 0.05) is 6.42 Å². The van der Waals surface area contributed by atoms with Crippen molar-refractivity contribution in [2.24, 2.45) is 0 Å². The van der Waals surface area contributed by atoms with Gasteiger partial charge in [-0.3, -0.25) is 0 Å². The SMILES string of the molecule is C=CCC1(O)c2cc(C(C)(C)C)ccc2-c2ccc(C(C)(C)C)cc21. The minimum absolute atomic E-state index is 0.0511. The Bertz CT molecular complexity index is 765. The van der Waals surface area contributed by atoms with E-state index < -0.39 is 5.60 Å². The molecule has 0 saturated heterocycles. The molecule has 0 radical (unpaired) electrons. The third kappa shape index (κ3) is 2.85. The summed E-state index contributed by atoms with van der Waals surface area (Å²) in [4.78, 5) is 0. The normalized spacial score (nSPS) is 15.6. The third-order valence-electron chi connectivity index (χ3n) is 5.39. The summed E-state index contributed by atoms with van der Waals surface area (Å²) in [5.74, 6) is 0. The van der Waals surface area contributed by atoms with Crippen LogP contribution in [0.5, 0.6) is 0 Å². The van der Waals surface area contributed by atoms with Crippen molar-refractivity contribution >= 4 is 0 Å². The molecule has 0 bridgehead atoms. The first-order valence-electron chi connectivity index (χ1n) is 9.12. The van der Waals surface area contributed by atoms with E-state index in [1.54, 1.807) is 0 Å². The second-order valence-electron chi connectivity index (χ2n) is 9.37. The Hall–Kier alpha value is -1.86. The van der Waals surface area contributed by atoms with E-state index in [-0.39, 0.29) is 10.8 Å². The van der Waals surface area contributed by atoms with Gasteiger partial charge in [0.2, 0.25) is 0 Å². The summed E-state index contributed by atoms with van der Waals surface area (Å²) in [5.41, 5.74) is 5.93. The number of hydrogen-bond donors (Lipinski definition) is 1. The highest BCUT2D eigenvalue weighted by atomic mass is 16.3. The smallest absolute Gasteiger partial charge is 0.119 e. The maximum atomic E-state index is 11.7. The Morgan fingerprint density at radius 1 is 0.840 bits per heavy atom. The summed E-state index contributed by atoms with van der Waals surface area (Å²) in [6.07, 6.45) is 2.35. The lowest BCUT2D eigenvalue weighted by Crippen LogP contribution is -2.25. The van der Waals surface area contributed by atoms with Crippen molar-refractivity contribution in [1.29, 1.82) is 0 Å². The average molecular weight is 335 g/mol. The summed E-state index contributed by atoms with van der Waals surface area (Å²) in [7, 11) is 0. The Morgan fingerprint density at radius 2 is 1.24 bits per heavy atom. The quantitative estimate of drug-likeness (QED) is 0.660. The second-order valence-corrected chi connectivity index (χ2v) is 9.37. The van der Waals surface area contributed by atoms with E-state index in [1.165, 1.54) is 11.1 Å². The van der Waals surface area contributed by atoms with E-state index in [9.17, 15) is 5.11 Å². The molecule has 1 aliphatic rings. The van der Waals surface area contributed by atoms with Crippen molar-refractivity contribution in [2.45, 2.75) is 64.4 Å². The van der Waals surface area contributed by atoms with Crippen LogP contribution in [0.15, 0.2) is 49.1 Å². The molecule has 132 valence electrons. The summed E-state index contributed by atoms with van der Waals surface area (Å²) in [6.45, 7) is 17.2. The van der Waals surface area contributed by atoms with Gasteiger partial charge < -0.3 is 5.11 Å². The lowest BCUT2D eigenvalue weighted by molar-refractivity contribution is 0.0888. The van der Waals surface area contributed by atoms with Crippen molar-refractivity contribution in [1.82, 2.24) is 0 Å². The maximum absolute atomic E-state index is 11.7. The molecule has 1 nitrogen and oxygen atoms in total. The predicted octanol–water partition coefficient (Wildman–Crippen LogP) is 6.07. The molecule has 25 heavy (non-hydrogen) atoms. The fraction of sp³-hybridized carbons (Fsp3) is 0.417. The highest BCUT2D eigenvalue weighted by Crippen LogP contribution is 2.51. The zero-order valence-corrected chi connectivity index (χ0v) is 16.4. The number of rotatable bonds is 2. The molecule has 0 aliphatic heterocycles. The molecule has 0 heterocycles. The first-order chi connectivity index (χ1) is 11.5. The second kappa shape index (κ2) is 5.57. The van der Waals surface area contributed by atoms with Gasteiger partial charge in [-0.15, -0.1) is 6.58 Å². The lowest BCUT2D eigenvalue weighted by Gasteiger charge is -2.28. The standard InChI is InChI=1S/C24H30O/c1-8-13-24(25)20-14-16(22(2,3)4)9-11-18(20)19-12-10-17(15-21(19)24)23(5,6)7/h8-12,14-15,25H,1,13H2,2-7H3. The van der Waals surface area contributed by atoms with Crippen LogP contribution in [0.1, 0.15) is 70.2 Å². The third-order valence-corrected chi connectivity index (χ3v) is 5.39. The molecule has 1 heteroatoms. The Morgan fingerprint density at radius 3 is 1.56 bits per heavy atom. The van der Waals surface area contributed by atoms with Crippen LogP contribution in [0.25, 0.3) is 11.1 Å². The number of benzene rings is 2. The maximum Gasteiger partial charge on any atom is 0.119 e. The van der Waals surface area contributed by atoms with Crippen molar-refractivity contribution in [2.75, 3.05) is 0 Å². The van der Waals surface area contributed by atoms with Gasteiger partial charge in [-0.25, -0.2) is 0 Å². The van der Waals surface area contributed by atoms with Crippen LogP contribution in [0.2, 0.25) is 0 Å². The topological polar surface area (TPSA) is 20.2 Å². The molecular weight excluding hydrogens is 304 g/mol. The monoisotopic (exact) mass is 334 g/mol. The lowest BCUT2D eigenvalue weighted by atomic mass is 9.80. The van der Waals surface area contributed by atoms with E-state index in [2.05, 4.69) is 84.5 Å². The van der Waals surface area contributed by atoms with Gasteiger partial charge in [0.05, 0.1) is 0 Å². The zero-order valence-electron chi connectivity index (χ0n) is 16.4. The molecule has 0 unspecified atom stereocenters. The Balaban J connectivity index is 2.27. The van der Waals surface area contributed by atoms with Crippen LogP contribution in [-0.4, -0.2) is 5.11 Å². The predicted molar refractivity (Wildman–Crippen MR) is 107 cm³/mol. The highest BCUT2D eigenvalue weighted by Gasteiger charge is 2.41. The van der Waals surface area contributed by atoms with Gasteiger partial charge in [-0.2, -0.15) is 0 Å². The number of aliphatic hydroxyl groups is 1. The molecule has 0 amide bonds. The molecule has 0 spiro atoms. The van der Waals surface area contributed by atoms with Gasteiger partial charge >= 0.3 is 0 Å². The van der Waals surface area contributed by atoms with E-state index in [0.29, 0.717) is 6.42 Å². The Labute approximate surface area is 152 Å². The first kappa shape index (κ1) is 17.9. The molecule has 0 saturated carbocycles. The number of fused-ring (bicyclic) bond motifs is 3. The van der Waals surface area contributed by atoms with Crippen molar-refractivity contribution < 1.29 is 5.11 Å². The summed E-state index contributed by atoms with van der Waals surface area (Å²) in [5, 5.41) is 11.7. The molecular formula is C24H30O. The molecule has 1 aliphatic carbocycles. The van der Waals surface area contributed by atoms with Gasteiger partial charge in [0.25, 0.3) is 0 Å². The van der Waals surface area contributed by atoms with Crippen LogP contribution >= 0.6 is 0 Å². The fourth-order valence-electron chi connectivity index (χ4n) is 3.75. The largest absolute Gasteiger partial charge is 0.380 e. The first-order valence-corrected chi connectivity index (χ1v) is 9.12. The van der Waals surface area contributed by atoms with Crippen LogP contribution in [0.3, 0.4) is 0 Å². The van der Waals surface area contributed by atoms with E-state index >= 15 is 0 Å². The molecule has 2 aromatic rings.